The van der Waals surface area contributed by atoms with Crippen molar-refractivity contribution in [1.82, 2.24) is 10.2 Å². The second-order valence-electron chi connectivity index (χ2n) is 5.44. The summed E-state index contributed by atoms with van der Waals surface area (Å²) in [6, 6.07) is 6.08. The van der Waals surface area contributed by atoms with Crippen LogP contribution in [-0.2, 0) is 14.6 Å². The minimum Gasteiger partial charge on any atom is -0.352 e. The number of nitrogens with zero attached hydrogens (tertiary/aromatic N) is 1. The lowest BCUT2D eigenvalue weighted by Gasteiger charge is -2.22. The fourth-order valence-corrected chi connectivity index (χ4v) is 3.20. The van der Waals surface area contributed by atoms with Crippen LogP contribution in [0.1, 0.15) is 38.1 Å². The van der Waals surface area contributed by atoms with Crippen LogP contribution in [0.5, 0.6) is 0 Å². The smallest absolute Gasteiger partial charge is 0.255 e. The summed E-state index contributed by atoms with van der Waals surface area (Å²) in [5.74, 6) is -0.817. The molecule has 0 spiro atoms. The van der Waals surface area contributed by atoms with Crippen molar-refractivity contribution in [2.24, 2.45) is 0 Å². The van der Waals surface area contributed by atoms with Gasteiger partial charge in [-0.25, -0.2) is 8.42 Å². The van der Waals surface area contributed by atoms with Gasteiger partial charge in [-0.05, 0) is 32.9 Å². The standard InChI is InChI=1S/C16H24N2O4S/c1-5-18(11-15(19)17-12(3)4)16(20)13-9-7-8-10-14(13)23(21,22)6-2/h7-10,12H,5-6,11H2,1-4H3,(H,17,19). The van der Waals surface area contributed by atoms with Gasteiger partial charge in [0.25, 0.3) is 5.91 Å². The molecule has 0 radical (unpaired) electrons. The minimum absolute atomic E-state index is 0.00946. The third-order valence-corrected chi connectivity index (χ3v) is 5.07. The van der Waals surface area contributed by atoms with E-state index < -0.39 is 15.7 Å². The average molecular weight is 340 g/mol. The van der Waals surface area contributed by atoms with Crippen LogP contribution < -0.4 is 5.32 Å². The number of nitrogens with one attached hydrogen (secondary N) is 1. The van der Waals surface area contributed by atoms with Crippen LogP contribution in [0.15, 0.2) is 29.2 Å². The molecule has 1 aromatic rings. The zero-order valence-corrected chi connectivity index (χ0v) is 14.8. The van der Waals surface area contributed by atoms with E-state index in [4.69, 9.17) is 0 Å². The molecule has 0 atom stereocenters. The number of hydrogen-bond donors (Lipinski definition) is 1. The first kappa shape index (κ1) is 19.2. The molecule has 0 aliphatic rings. The Morgan fingerprint density at radius 3 is 2.30 bits per heavy atom. The van der Waals surface area contributed by atoms with E-state index in [1.165, 1.54) is 24.0 Å². The van der Waals surface area contributed by atoms with Crippen LogP contribution in [-0.4, -0.2) is 50.0 Å². The van der Waals surface area contributed by atoms with Gasteiger partial charge in [0, 0.05) is 12.6 Å². The molecule has 0 aliphatic heterocycles. The maximum absolute atomic E-state index is 12.7. The predicted octanol–water partition coefficient (Wildman–Crippen LogP) is 1.47. The molecule has 0 heterocycles. The molecule has 0 aromatic heterocycles. The summed E-state index contributed by atoms with van der Waals surface area (Å²) in [6.45, 7) is 7.15. The summed E-state index contributed by atoms with van der Waals surface area (Å²) in [5, 5.41) is 2.72. The molecule has 1 aromatic carbocycles. The van der Waals surface area contributed by atoms with Gasteiger partial charge in [0.15, 0.2) is 9.84 Å². The van der Waals surface area contributed by atoms with Crippen LogP contribution in [0.2, 0.25) is 0 Å². The molecule has 0 unspecified atom stereocenters. The van der Waals surface area contributed by atoms with Crippen molar-refractivity contribution in [3.05, 3.63) is 29.8 Å². The quantitative estimate of drug-likeness (QED) is 0.815. The average Bonchev–Trinajstić information content (AvgIpc) is 2.51. The van der Waals surface area contributed by atoms with E-state index >= 15 is 0 Å². The Morgan fingerprint density at radius 1 is 1.17 bits per heavy atom. The summed E-state index contributed by atoms with van der Waals surface area (Å²) in [7, 11) is -3.51. The molecule has 0 saturated carbocycles. The first-order valence-electron chi connectivity index (χ1n) is 7.63. The second-order valence-corrected chi connectivity index (χ2v) is 7.69. The first-order valence-corrected chi connectivity index (χ1v) is 9.28. The number of carbonyl (C=O) groups is 2. The SMILES string of the molecule is CCN(CC(=O)NC(C)C)C(=O)c1ccccc1S(=O)(=O)CC. The third kappa shape index (κ3) is 5.06. The van der Waals surface area contributed by atoms with Crippen molar-refractivity contribution < 1.29 is 18.0 Å². The summed E-state index contributed by atoms with van der Waals surface area (Å²) >= 11 is 0. The zero-order chi connectivity index (χ0) is 17.6. The lowest BCUT2D eigenvalue weighted by molar-refractivity contribution is -0.122. The lowest BCUT2D eigenvalue weighted by Crippen LogP contribution is -2.43. The van der Waals surface area contributed by atoms with Crippen LogP contribution in [0, 0.1) is 0 Å². The Labute approximate surface area is 137 Å². The van der Waals surface area contributed by atoms with Crippen LogP contribution in [0.4, 0.5) is 0 Å². The number of carbonyl (C=O) groups excluding carboxylic acids is 2. The molecule has 7 heteroatoms. The van der Waals surface area contributed by atoms with Gasteiger partial charge < -0.3 is 10.2 Å². The van der Waals surface area contributed by atoms with E-state index in [0.29, 0.717) is 6.54 Å². The van der Waals surface area contributed by atoms with Gasteiger partial charge in [0.05, 0.1) is 22.8 Å². The highest BCUT2D eigenvalue weighted by Crippen LogP contribution is 2.18. The molecule has 1 N–H and O–H groups in total. The van der Waals surface area contributed by atoms with Crippen molar-refractivity contribution in [2.75, 3.05) is 18.8 Å². The Morgan fingerprint density at radius 2 is 1.78 bits per heavy atom. The van der Waals surface area contributed by atoms with Crippen molar-refractivity contribution in [1.29, 1.82) is 0 Å². The van der Waals surface area contributed by atoms with E-state index in [1.807, 2.05) is 13.8 Å². The van der Waals surface area contributed by atoms with E-state index in [9.17, 15) is 18.0 Å². The third-order valence-electron chi connectivity index (χ3n) is 3.29. The van der Waals surface area contributed by atoms with E-state index in [2.05, 4.69) is 5.32 Å². The Bertz CT molecular complexity index is 668. The molecular weight excluding hydrogens is 316 g/mol. The van der Waals surface area contributed by atoms with Crippen molar-refractivity contribution in [3.8, 4) is 0 Å². The topological polar surface area (TPSA) is 83.6 Å². The molecule has 0 bridgehead atoms. The van der Waals surface area contributed by atoms with Gasteiger partial charge in [-0.1, -0.05) is 19.1 Å². The molecule has 1 rings (SSSR count). The largest absolute Gasteiger partial charge is 0.352 e. The van der Waals surface area contributed by atoms with Crippen LogP contribution >= 0.6 is 0 Å². The summed E-state index contributed by atoms with van der Waals surface area (Å²) in [6.07, 6.45) is 0. The number of benzene rings is 1. The highest BCUT2D eigenvalue weighted by Gasteiger charge is 2.24. The zero-order valence-electron chi connectivity index (χ0n) is 14.0. The van der Waals surface area contributed by atoms with Crippen LogP contribution in [0.3, 0.4) is 0 Å². The van der Waals surface area contributed by atoms with E-state index in [1.54, 1.807) is 19.1 Å². The number of hydrogen-bond acceptors (Lipinski definition) is 4. The maximum atomic E-state index is 12.7. The van der Waals surface area contributed by atoms with Gasteiger partial charge in [-0.2, -0.15) is 0 Å². The normalized spacial score (nSPS) is 11.3. The molecule has 2 amide bonds. The molecule has 6 nitrogen and oxygen atoms in total. The van der Waals surface area contributed by atoms with Gasteiger partial charge in [0.2, 0.25) is 5.91 Å². The molecule has 128 valence electrons. The van der Waals surface area contributed by atoms with Gasteiger partial charge >= 0.3 is 0 Å². The lowest BCUT2D eigenvalue weighted by atomic mass is 10.2. The second kappa shape index (κ2) is 8.10. The molecule has 0 aliphatic carbocycles. The number of amides is 2. The molecule has 0 saturated heterocycles. The monoisotopic (exact) mass is 340 g/mol. The van der Waals surface area contributed by atoms with E-state index in [0.717, 1.165) is 0 Å². The highest BCUT2D eigenvalue weighted by molar-refractivity contribution is 7.91. The van der Waals surface area contributed by atoms with Crippen molar-refractivity contribution >= 4 is 21.7 Å². The van der Waals surface area contributed by atoms with Crippen molar-refractivity contribution in [3.63, 3.8) is 0 Å². The Hall–Kier alpha value is -1.89. The van der Waals surface area contributed by atoms with E-state index in [-0.39, 0.29) is 34.7 Å². The fraction of sp³-hybridized carbons (Fsp3) is 0.500. The molecular formula is C16H24N2O4S. The number of sulfone groups is 1. The molecule has 23 heavy (non-hydrogen) atoms. The Kier molecular flexibility index (Phi) is 6.75. The van der Waals surface area contributed by atoms with Gasteiger partial charge in [0.1, 0.15) is 0 Å². The maximum Gasteiger partial charge on any atom is 0.255 e. The van der Waals surface area contributed by atoms with Crippen LogP contribution in [0.25, 0.3) is 0 Å². The summed E-state index contributed by atoms with van der Waals surface area (Å²) in [4.78, 5) is 25.9. The van der Waals surface area contributed by atoms with Gasteiger partial charge in [-0.3, -0.25) is 9.59 Å². The predicted molar refractivity (Wildman–Crippen MR) is 89.0 cm³/mol. The highest BCUT2D eigenvalue weighted by atomic mass is 32.2. The minimum atomic E-state index is -3.51. The summed E-state index contributed by atoms with van der Waals surface area (Å²) in [5.41, 5.74) is 0.105. The number of rotatable bonds is 7. The molecule has 0 fully saturated rings. The van der Waals surface area contributed by atoms with Gasteiger partial charge in [-0.15, -0.1) is 0 Å². The summed E-state index contributed by atoms with van der Waals surface area (Å²) < 4.78 is 24.3. The number of likely N-dealkylation sites (N-methyl/N-ethyl adjacent to an activating group) is 1. The first-order chi connectivity index (χ1) is 10.7. The Balaban J connectivity index is 3.10. The van der Waals surface area contributed by atoms with Crippen molar-refractivity contribution in [2.45, 2.75) is 38.6 Å². The fourth-order valence-electron chi connectivity index (χ4n) is 2.11.